The summed E-state index contributed by atoms with van der Waals surface area (Å²) in [5.41, 5.74) is 5.36. The van der Waals surface area contributed by atoms with Crippen LogP contribution in [0.25, 0.3) is 11.1 Å². The number of hydrogen-bond acceptors (Lipinski definition) is 1. The first-order chi connectivity index (χ1) is 9.26. The lowest BCUT2D eigenvalue weighted by Crippen LogP contribution is -2.45. The fraction of sp³-hybridized carbons (Fsp3) is 0.333. The Hall–Kier alpha value is -1.76. The third-order valence-corrected chi connectivity index (χ3v) is 3.99. The Morgan fingerprint density at radius 2 is 1.42 bits per heavy atom. The first-order valence-corrected chi connectivity index (χ1v) is 7.20. The molecule has 0 aromatic heterocycles. The van der Waals surface area contributed by atoms with E-state index in [4.69, 9.17) is 0 Å². The largest absolute Gasteiger partial charge is 0.371 e. The zero-order chi connectivity index (χ0) is 13.2. The molecule has 0 saturated carbocycles. The summed E-state index contributed by atoms with van der Waals surface area (Å²) in [4.78, 5) is 2.44. The van der Waals surface area contributed by atoms with Crippen LogP contribution in [0.15, 0.2) is 48.5 Å². The molecule has 2 aromatic rings. The SMILES string of the molecule is CCc1ccc(-c2ccc(N3CC(C)C3)cc2)cc1. The van der Waals surface area contributed by atoms with Crippen LogP contribution in [0, 0.1) is 5.92 Å². The first-order valence-electron chi connectivity index (χ1n) is 7.20. The van der Waals surface area contributed by atoms with Crippen LogP contribution in [-0.2, 0) is 6.42 Å². The van der Waals surface area contributed by atoms with Crippen molar-refractivity contribution in [2.75, 3.05) is 18.0 Å². The average molecular weight is 251 g/mol. The number of nitrogens with zero attached hydrogens (tertiary/aromatic N) is 1. The number of rotatable bonds is 3. The van der Waals surface area contributed by atoms with Crippen LogP contribution < -0.4 is 4.90 Å². The van der Waals surface area contributed by atoms with Gasteiger partial charge in [-0.25, -0.2) is 0 Å². The highest BCUT2D eigenvalue weighted by molar-refractivity contribution is 5.66. The molecular formula is C18H21N. The monoisotopic (exact) mass is 251 g/mol. The van der Waals surface area contributed by atoms with Gasteiger partial charge in [-0.3, -0.25) is 0 Å². The number of benzene rings is 2. The van der Waals surface area contributed by atoms with Gasteiger partial charge in [0.05, 0.1) is 0 Å². The molecule has 0 aliphatic carbocycles. The van der Waals surface area contributed by atoms with E-state index < -0.39 is 0 Å². The maximum atomic E-state index is 2.44. The second kappa shape index (κ2) is 5.08. The highest BCUT2D eigenvalue weighted by Gasteiger charge is 2.22. The Kier molecular flexibility index (Phi) is 3.29. The second-order valence-corrected chi connectivity index (χ2v) is 5.61. The lowest BCUT2D eigenvalue weighted by Gasteiger charge is -2.39. The van der Waals surface area contributed by atoms with Gasteiger partial charge in [0.15, 0.2) is 0 Å². The molecule has 0 atom stereocenters. The van der Waals surface area contributed by atoms with Crippen molar-refractivity contribution in [3.05, 3.63) is 54.1 Å². The van der Waals surface area contributed by atoms with E-state index in [-0.39, 0.29) is 0 Å². The highest BCUT2D eigenvalue weighted by atomic mass is 15.2. The zero-order valence-corrected chi connectivity index (χ0v) is 11.8. The van der Waals surface area contributed by atoms with Crippen molar-refractivity contribution < 1.29 is 0 Å². The summed E-state index contributed by atoms with van der Waals surface area (Å²) >= 11 is 0. The van der Waals surface area contributed by atoms with Crippen LogP contribution in [0.1, 0.15) is 19.4 Å². The number of aryl methyl sites for hydroxylation is 1. The summed E-state index contributed by atoms with van der Waals surface area (Å²) in [6.45, 7) is 6.90. The van der Waals surface area contributed by atoms with Crippen LogP contribution >= 0.6 is 0 Å². The summed E-state index contributed by atoms with van der Waals surface area (Å²) in [5, 5.41) is 0. The Bertz CT molecular complexity index is 533. The van der Waals surface area contributed by atoms with Gasteiger partial charge >= 0.3 is 0 Å². The molecule has 1 aliphatic rings. The molecule has 0 bridgehead atoms. The smallest absolute Gasteiger partial charge is 0.0366 e. The highest BCUT2D eigenvalue weighted by Crippen LogP contribution is 2.27. The van der Waals surface area contributed by atoms with Gasteiger partial charge in [-0.2, -0.15) is 0 Å². The molecule has 98 valence electrons. The molecule has 1 heteroatoms. The van der Waals surface area contributed by atoms with Crippen molar-refractivity contribution in [3.63, 3.8) is 0 Å². The summed E-state index contributed by atoms with van der Waals surface area (Å²) in [7, 11) is 0. The molecule has 19 heavy (non-hydrogen) atoms. The molecule has 1 nitrogen and oxygen atoms in total. The summed E-state index contributed by atoms with van der Waals surface area (Å²) < 4.78 is 0. The molecule has 1 fully saturated rings. The molecule has 0 amide bonds. The standard InChI is InChI=1S/C18H21N/c1-3-15-4-6-16(7-5-15)17-8-10-18(11-9-17)19-12-14(2)13-19/h4-11,14H,3,12-13H2,1-2H3. The molecule has 3 rings (SSSR count). The van der Waals surface area contributed by atoms with Crippen LogP contribution in [0.2, 0.25) is 0 Å². The third-order valence-electron chi connectivity index (χ3n) is 3.99. The van der Waals surface area contributed by atoms with Crippen molar-refractivity contribution in [2.45, 2.75) is 20.3 Å². The minimum Gasteiger partial charge on any atom is -0.371 e. The quantitative estimate of drug-likeness (QED) is 0.783. The first kappa shape index (κ1) is 12.3. The minimum atomic E-state index is 0.848. The molecule has 1 saturated heterocycles. The Balaban J connectivity index is 1.77. The van der Waals surface area contributed by atoms with Crippen molar-refractivity contribution in [1.82, 2.24) is 0 Å². The van der Waals surface area contributed by atoms with Crippen molar-refractivity contribution in [2.24, 2.45) is 5.92 Å². The molecule has 0 radical (unpaired) electrons. The topological polar surface area (TPSA) is 3.24 Å². The van der Waals surface area contributed by atoms with Gasteiger partial charge in [-0.15, -0.1) is 0 Å². The number of hydrogen-bond donors (Lipinski definition) is 0. The fourth-order valence-corrected chi connectivity index (χ4v) is 2.71. The lowest BCUT2D eigenvalue weighted by atomic mass is 9.99. The van der Waals surface area contributed by atoms with Crippen molar-refractivity contribution in [1.29, 1.82) is 0 Å². The van der Waals surface area contributed by atoms with Gasteiger partial charge in [0.1, 0.15) is 0 Å². The maximum Gasteiger partial charge on any atom is 0.0366 e. The molecule has 2 aromatic carbocycles. The van der Waals surface area contributed by atoms with Gasteiger partial charge in [-0.05, 0) is 41.2 Å². The lowest BCUT2D eigenvalue weighted by molar-refractivity contribution is 0.447. The normalized spacial score (nSPS) is 15.4. The Morgan fingerprint density at radius 3 is 1.89 bits per heavy atom. The van der Waals surface area contributed by atoms with Gasteiger partial charge in [-0.1, -0.05) is 50.2 Å². The zero-order valence-electron chi connectivity index (χ0n) is 11.8. The molecule has 0 spiro atoms. The van der Waals surface area contributed by atoms with E-state index in [9.17, 15) is 0 Å². The predicted octanol–water partition coefficient (Wildman–Crippen LogP) is 4.37. The van der Waals surface area contributed by atoms with Crippen molar-refractivity contribution in [3.8, 4) is 11.1 Å². The van der Waals surface area contributed by atoms with E-state index >= 15 is 0 Å². The van der Waals surface area contributed by atoms with Crippen LogP contribution in [0.4, 0.5) is 5.69 Å². The fourth-order valence-electron chi connectivity index (χ4n) is 2.71. The van der Waals surface area contributed by atoms with E-state index in [0.717, 1.165) is 12.3 Å². The van der Waals surface area contributed by atoms with E-state index in [1.54, 1.807) is 0 Å². The van der Waals surface area contributed by atoms with Crippen LogP contribution in [0.5, 0.6) is 0 Å². The number of anilines is 1. The maximum absolute atomic E-state index is 2.44. The molecule has 0 unspecified atom stereocenters. The van der Waals surface area contributed by atoms with Gasteiger partial charge < -0.3 is 4.90 Å². The molecular weight excluding hydrogens is 230 g/mol. The van der Waals surface area contributed by atoms with E-state index in [1.165, 1.54) is 35.5 Å². The van der Waals surface area contributed by atoms with E-state index in [0.29, 0.717) is 0 Å². The summed E-state index contributed by atoms with van der Waals surface area (Å²) in [6.07, 6.45) is 1.10. The van der Waals surface area contributed by atoms with Gasteiger partial charge in [0.25, 0.3) is 0 Å². The van der Waals surface area contributed by atoms with Gasteiger partial charge in [0, 0.05) is 18.8 Å². The van der Waals surface area contributed by atoms with Crippen LogP contribution in [0.3, 0.4) is 0 Å². The third kappa shape index (κ3) is 2.51. The predicted molar refractivity (Wildman–Crippen MR) is 82.6 cm³/mol. The van der Waals surface area contributed by atoms with Crippen molar-refractivity contribution >= 4 is 5.69 Å². The average Bonchev–Trinajstić information content (AvgIpc) is 2.44. The minimum absolute atomic E-state index is 0.848. The molecule has 1 heterocycles. The Morgan fingerprint density at radius 1 is 0.895 bits per heavy atom. The second-order valence-electron chi connectivity index (χ2n) is 5.61. The Labute approximate surface area is 115 Å². The van der Waals surface area contributed by atoms with E-state index in [1.807, 2.05) is 0 Å². The molecule has 1 aliphatic heterocycles. The summed E-state index contributed by atoms with van der Waals surface area (Å²) in [6, 6.07) is 17.8. The van der Waals surface area contributed by atoms with Gasteiger partial charge in [0.2, 0.25) is 0 Å². The van der Waals surface area contributed by atoms with Crippen LogP contribution in [-0.4, -0.2) is 13.1 Å². The molecule has 0 N–H and O–H groups in total. The summed E-state index contributed by atoms with van der Waals surface area (Å²) in [5.74, 6) is 0.848. The van der Waals surface area contributed by atoms with E-state index in [2.05, 4.69) is 67.3 Å².